The van der Waals surface area contributed by atoms with Gasteiger partial charge in [-0.05, 0) is 42.5 Å². The van der Waals surface area contributed by atoms with E-state index in [0.717, 1.165) is 4.90 Å². The first-order chi connectivity index (χ1) is 15.5. The quantitative estimate of drug-likeness (QED) is 0.471. The van der Waals surface area contributed by atoms with Crippen LogP contribution in [0.2, 0.25) is 0 Å². The molecule has 1 aliphatic rings. The number of hydrogen-bond donors (Lipinski definition) is 1. The van der Waals surface area contributed by atoms with E-state index in [1.165, 1.54) is 24.5 Å². The highest BCUT2D eigenvalue weighted by molar-refractivity contribution is 6.21. The van der Waals surface area contributed by atoms with Gasteiger partial charge < -0.3 is 14.5 Å². The topological polar surface area (TPSA) is 130 Å². The molecule has 0 spiro atoms. The number of ether oxygens (including phenoxy) is 1. The maximum atomic E-state index is 12.7. The Balaban J connectivity index is 1.41. The summed E-state index contributed by atoms with van der Waals surface area (Å²) in [5.74, 6) is -2.05. The predicted molar refractivity (Wildman–Crippen MR) is 109 cm³/mol. The van der Waals surface area contributed by atoms with E-state index in [9.17, 15) is 19.2 Å². The molecule has 3 aromatic rings. The fraction of sp³-hybridized carbons (Fsp3) is 0.0870. The van der Waals surface area contributed by atoms with Crippen LogP contribution in [0.4, 0.5) is 5.69 Å². The monoisotopic (exact) mass is 429 g/mol. The molecule has 2 aromatic carbocycles. The van der Waals surface area contributed by atoms with Gasteiger partial charge in [0.05, 0.1) is 40.7 Å². The number of nitriles is 1. The van der Waals surface area contributed by atoms with E-state index in [1.807, 2.05) is 6.07 Å². The maximum Gasteiger partial charge on any atom is 0.338 e. The molecule has 0 aliphatic carbocycles. The number of anilines is 1. The number of hydrogen-bond acceptors (Lipinski definition) is 7. The number of imide groups is 1. The molecular weight excluding hydrogens is 414 g/mol. The van der Waals surface area contributed by atoms with E-state index in [0.29, 0.717) is 11.4 Å². The molecule has 3 amide bonds. The van der Waals surface area contributed by atoms with Gasteiger partial charge in [0.2, 0.25) is 0 Å². The number of carbonyl (C=O) groups excluding carboxylic acids is 4. The lowest BCUT2D eigenvalue weighted by Crippen LogP contribution is -2.28. The van der Waals surface area contributed by atoms with Crippen molar-refractivity contribution in [2.24, 2.45) is 0 Å². The molecule has 9 nitrogen and oxygen atoms in total. The number of rotatable bonds is 6. The summed E-state index contributed by atoms with van der Waals surface area (Å²) in [5, 5.41) is 11.6. The van der Waals surface area contributed by atoms with E-state index < -0.39 is 30.3 Å². The summed E-state index contributed by atoms with van der Waals surface area (Å²) in [5.41, 5.74) is 0.838. The minimum absolute atomic E-state index is 0.0231. The van der Waals surface area contributed by atoms with Gasteiger partial charge in [0, 0.05) is 0 Å². The molecule has 0 bridgehead atoms. The summed E-state index contributed by atoms with van der Waals surface area (Å²) in [6.45, 7) is -0.614. The van der Waals surface area contributed by atoms with Crippen molar-refractivity contribution in [1.29, 1.82) is 5.26 Å². The van der Waals surface area contributed by atoms with Gasteiger partial charge in [0.25, 0.3) is 17.7 Å². The van der Waals surface area contributed by atoms with E-state index in [1.54, 1.807) is 36.4 Å². The third-order valence-corrected chi connectivity index (χ3v) is 4.76. The van der Waals surface area contributed by atoms with Crippen molar-refractivity contribution >= 4 is 29.4 Å². The van der Waals surface area contributed by atoms with E-state index in [-0.39, 0.29) is 28.8 Å². The number of amides is 3. The highest BCUT2D eigenvalue weighted by Crippen LogP contribution is 2.26. The minimum Gasteiger partial charge on any atom is -0.467 e. The standard InChI is InChI=1S/C23H15N3O6/c24-11-15-4-1-2-6-19(15)25-20(27)13-32-23(30)14-7-8-17-18(10-14)22(29)26(21(17)28)12-16-5-3-9-31-16/h1-10H,12-13H2,(H,25,27). The highest BCUT2D eigenvalue weighted by Gasteiger charge is 2.36. The fourth-order valence-electron chi connectivity index (χ4n) is 3.21. The fourth-order valence-corrected chi connectivity index (χ4v) is 3.21. The summed E-state index contributed by atoms with van der Waals surface area (Å²) < 4.78 is 10.2. The second-order valence-electron chi connectivity index (χ2n) is 6.82. The van der Waals surface area contributed by atoms with Gasteiger partial charge in [-0.2, -0.15) is 5.26 Å². The zero-order valence-corrected chi connectivity index (χ0v) is 16.5. The lowest BCUT2D eigenvalue weighted by Gasteiger charge is -2.11. The molecule has 1 N–H and O–H groups in total. The number of esters is 1. The van der Waals surface area contributed by atoms with Gasteiger partial charge in [0.15, 0.2) is 6.61 Å². The molecular formula is C23H15N3O6. The molecule has 158 valence electrons. The lowest BCUT2D eigenvalue weighted by molar-refractivity contribution is -0.119. The summed E-state index contributed by atoms with van der Waals surface area (Å²) in [7, 11) is 0. The second kappa shape index (κ2) is 8.57. The number of furan rings is 1. The third kappa shape index (κ3) is 3.97. The number of para-hydroxylation sites is 1. The van der Waals surface area contributed by atoms with Gasteiger partial charge >= 0.3 is 5.97 Å². The average Bonchev–Trinajstić information content (AvgIpc) is 3.40. The summed E-state index contributed by atoms with van der Waals surface area (Å²) in [6.07, 6.45) is 1.44. The first kappa shape index (κ1) is 20.6. The molecule has 2 heterocycles. The van der Waals surface area contributed by atoms with E-state index in [2.05, 4.69) is 5.32 Å². The van der Waals surface area contributed by atoms with Crippen molar-refractivity contribution in [3.05, 3.63) is 88.9 Å². The number of fused-ring (bicyclic) bond motifs is 1. The number of nitrogens with zero attached hydrogens (tertiary/aromatic N) is 2. The number of carbonyl (C=O) groups is 4. The van der Waals surface area contributed by atoms with Crippen molar-refractivity contribution in [3.63, 3.8) is 0 Å². The molecule has 0 unspecified atom stereocenters. The van der Waals surface area contributed by atoms with E-state index in [4.69, 9.17) is 14.4 Å². The molecule has 4 rings (SSSR count). The Morgan fingerprint density at radius 1 is 1.03 bits per heavy atom. The van der Waals surface area contributed by atoms with Crippen LogP contribution in [0.15, 0.2) is 65.3 Å². The van der Waals surface area contributed by atoms with Crippen LogP contribution in [0.3, 0.4) is 0 Å². The molecule has 0 saturated carbocycles. The van der Waals surface area contributed by atoms with Crippen LogP contribution >= 0.6 is 0 Å². The largest absolute Gasteiger partial charge is 0.467 e. The second-order valence-corrected chi connectivity index (χ2v) is 6.82. The third-order valence-electron chi connectivity index (χ3n) is 4.76. The number of nitrogens with one attached hydrogen (secondary N) is 1. The Morgan fingerprint density at radius 2 is 1.81 bits per heavy atom. The van der Waals surface area contributed by atoms with Crippen LogP contribution in [0, 0.1) is 11.3 Å². The molecule has 32 heavy (non-hydrogen) atoms. The zero-order chi connectivity index (χ0) is 22.7. The van der Waals surface area contributed by atoms with E-state index >= 15 is 0 Å². The minimum atomic E-state index is -0.832. The van der Waals surface area contributed by atoms with Crippen LogP contribution in [0.25, 0.3) is 0 Å². The van der Waals surface area contributed by atoms with Crippen molar-refractivity contribution in [1.82, 2.24) is 4.90 Å². The lowest BCUT2D eigenvalue weighted by atomic mass is 10.1. The van der Waals surface area contributed by atoms with Crippen LogP contribution in [-0.2, 0) is 16.1 Å². The van der Waals surface area contributed by atoms with Crippen molar-refractivity contribution in [2.75, 3.05) is 11.9 Å². The van der Waals surface area contributed by atoms with Crippen LogP contribution in [-0.4, -0.2) is 35.2 Å². The summed E-state index contributed by atoms with van der Waals surface area (Å²) in [6, 6.07) is 15.6. The van der Waals surface area contributed by atoms with Gasteiger partial charge in [0.1, 0.15) is 11.8 Å². The summed E-state index contributed by atoms with van der Waals surface area (Å²) >= 11 is 0. The van der Waals surface area contributed by atoms with Gasteiger partial charge in [-0.15, -0.1) is 0 Å². The van der Waals surface area contributed by atoms with Crippen LogP contribution < -0.4 is 5.32 Å². The first-order valence-electron chi connectivity index (χ1n) is 9.46. The molecule has 0 saturated heterocycles. The van der Waals surface area contributed by atoms with Crippen molar-refractivity contribution < 1.29 is 28.3 Å². The average molecular weight is 429 g/mol. The Labute approximate surface area is 181 Å². The van der Waals surface area contributed by atoms with Gasteiger partial charge in [-0.1, -0.05) is 12.1 Å². The smallest absolute Gasteiger partial charge is 0.338 e. The SMILES string of the molecule is N#Cc1ccccc1NC(=O)COC(=O)c1ccc2c(c1)C(=O)N(Cc1ccco1)C2=O. The van der Waals surface area contributed by atoms with Gasteiger partial charge in [-0.3, -0.25) is 19.3 Å². The van der Waals surface area contributed by atoms with Crippen LogP contribution in [0.1, 0.15) is 42.4 Å². The molecule has 0 fully saturated rings. The Morgan fingerprint density at radius 3 is 2.56 bits per heavy atom. The maximum absolute atomic E-state index is 12.7. The summed E-state index contributed by atoms with van der Waals surface area (Å²) in [4.78, 5) is 50.7. The Hall–Kier alpha value is -4.71. The molecule has 1 aliphatic heterocycles. The molecule has 1 aromatic heterocycles. The predicted octanol–water partition coefficient (Wildman–Crippen LogP) is 2.74. The Bertz CT molecular complexity index is 1270. The zero-order valence-electron chi connectivity index (χ0n) is 16.5. The Kier molecular flexibility index (Phi) is 5.51. The molecule has 0 atom stereocenters. The van der Waals surface area contributed by atoms with Gasteiger partial charge in [-0.25, -0.2) is 4.79 Å². The molecule has 9 heteroatoms. The number of benzene rings is 2. The van der Waals surface area contributed by atoms with Crippen molar-refractivity contribution in [2.45, 2.75) is 6.54 Å². The molecule has 0 radical (unpaired) electrons. The van der Waals surface area contributed by atoms with Crippen LogP contribution in [0.5, 0.6) is 0 Å². The normalized spacial score (nSPS) is 12.3. The van der Waals surface area contributed by atoms with Crippen molar-refractivity contribution in [3.8, 4) is 6.07 Å². The first-order valence-corrected chi connectivity index (χ1v) is 9.46. The highest BCUT2D eigenvalue weighted by atomic mass is 16.5.